The summed E-state index contributed by atoms with van der Waals surface area (Å²) in [5.74, 6) is -1.58. The normalized spacial score (nSPS) is 11.4. The van der Waals surface area contributed by atoms with Crippen molar-refractivity contribution in [2.45, 2.75) is 33.5 Å². The van der Waals surface area contributed by atoms with E-state index >= 15 is 0 Å². The second-order valence-electron chi connectivity index (χ2n) is 6.94. The standard InChI is InChI=1S/C22H20F3N3O2/c1-13-7-4-5-8-16(13)12-26-21(30)20(29)19-14(2)27-28(15(19)3)18-10-6-9-17(11-18)22(23,24)25/h4-11H,12H2,1-3H3,(H,26,30). The molecule has 2 aromatic carbocycles. The summed E-state index contributed by atoms with van der Waals surface area (Å²) in [6.07, 6.45) is -4.50. The van der Waals surface area contributed by atoms with E-state index in [2.05, 4.69) is 10.4 Å². The minimum absolute atomic E-state index is 0.0784. The quantitative estimate of drug-likeness (QED) is 0.499. The van der Waals surface area contributed by atoms with E-state index in [4.69, 9.17) is 0 Å². The smallest absolute Gasteiger partial charge is 0.345 e. The molecule has 1 N–H and O–H groups in total. The molecule has 1 heterocycles. The summed E-state index contributed by atoms with van der Waals surface area (Å²) in [7, 11) is 0. The van der Waals surface area contributed by atoms with Crippen molar-refractivity contribution in [2.75, 3.05) is 0 Å². The topological polar surface area (TPSA) is 64.0 Å². The van der Waals surface area contributed by atoms with Crippen molar-refractivity contribution in [1.29, 1.82) is 0 Å². The zero-order chi connectivity index (χ0) is 22.1. The molecule has 30 heavy (non-hydrogen) atoms. The largest absolute Gasteiger partial charge is 0.416 e. The molecule has 3 rings (SSSR count). The number of aryl methyl sites for hydroxylation is 2. The van der Waals surface area contributed by atoms with Gasteiger partial charge in [-0.2, -0.15) is 18.3 Å². The maximum Gasteiger partial charge on any atom is 0.416 e. The monoisotopic (exact) mass is 415 g/mol. The van der Waals surface area contributed by atoms with Crippen molar-refractivity contribution in [3.63, 3.8) is 0 Å². The molecule has 0 spiro atoms. The fraction of sp³-hybridized carbons (Fsp3) is 0.227. The molecule has 0 radical (unpaired) electrons. The number of hydrogen-bond donors (Lipinski definition) is 1. The van der Waals surface area contributed by atoms with Gasteiger partial charge in [0.25, 0.3) is 11.7 Å². The van der Waals surface area contributed by atoms with Gasteiger partial charge in [0, 0.05) is 6.54 Å². The first-order chi connectivity index (χ1) is 14.1. The van der Waals surface area contributed by atoms with Crippen molar-refractivity contribution in [3.05, 3.63) is 82.2 Å². The second-order valence-corrected chi connectivity index (χ2v) is 6.94. The van der Waals surface area contributed by atoms with Crippen LogP contribution in [0.1, 0.15) is 38.4 Å². The van der Waals surface area contributed by atoms with E-state index in [9.17, 15) is 22.8 Å². The summed E-state index contributed by atoms with van der Waals surface area (Å²) in [4.78, 5) is 25.1. The lowest BCUT2D eigenvalue weighted by atomic mass is 10.1. The third-order valence-corrected chi connectivity index (χ3v) is 4.84. The third kappa shape index (κ3) is 4.27. The number of halogens is 3. The summed E-state index contributed by atoms with van der Waals surface area (Å²) in [6, 6.07) is 12.1. The van der Waals surface area contributed by atoms with Crippen LogP contribution in [-0.4, -0.2) is 21.5 Å². The van der Waals surface area contributed by atoms with Crippen LogP contribution in [-0.2, 0) is 17.5 Å². The fourth-order valence-electron chi connectivity index (χ4n) is 3.21. The number of hydrogen-bond acceptors (Lipinski definition) is 3. The first-order valence-electron chi connectivity index (χ1n) is 9.20. The Bertz CT molecular complexity index is 1120. The number of ketones is 1. The molecule has 0 saturated carbocycles. The van der Waals surface area contributed by atoms with Crippen LogP contribution in [0.5, 0.6) is 0 Å². The summed E-state index contributed by atoms with van der Waals surface area (Å²) < 4.78 is 40.3. The average Bonchev–Trinajstić information content (AvgIpc) is 3.00. The third-order valence-electron chi connectivity index (χ3n) is 4.84. The van der Waals surface area contributed by atoms with Crippen LogP contribution in [0.15, 0.2) is 48.5 Å². The van der Waals surface area contributed by atoms with Crippen molar-refractivity contribution in [1.82, 2.24) is 15.1 Å². The molecule has 0 unspecified atom stereocenters. The van der Waals surface area contributed by atoms with Crippen molar-refractivity contribution in [3.8, 4) is 5.69 Å². The lowest BCUT2D eigenvalue weighted by molar-refractivity contribution is -0.137. The van der Waals surface area contributed by atoms with Crippen LogP contribution in [0.4, 0.5) is 13.2 Å². The minimum atomic E-state index is -4.50. The zero-order valence-electron chi connectivity index (χ0n) is 16.7. The van der Waals surface area contributed by atoms with E-state index in [0.29, 0.717) is 5.69 Å². The predicted octanol–water partition coefficient (Wildman–Crippen LogP) is 4.32. The maximum atomic E-state index is 13.0. The van der Waals surface area contributed by atoms with Crippen LogP contribution in [0.25, 0.3) is 5.69 Å². The molecule has 8 heteroatoms. The highest BCUT2D eigenvalue weighted by atomic mass is 19.4. The van der Waals surface area contributed by atoms with Gasteiger partial charge < -0.3 is 5.32 Å². The zero-order valence-corrected chi connectivity index (χ0v) is 16.7. The molecule has 5 nitrogen and oxygen atoms in total. The minimum Gasteiger partial charge on any atom is -0.345 e. The predicted molar refractivity (Wildman–Crippen MR) is 105 cm³/mol. The van der Waals surface area contributed by atoms with E-state index in [0.717, 1.165) is 23.3 Å². The van der Waals surface area contributed by atoms with E-state index < -0.39 is 23.4 Å². The Morgan fingerprint density at radius 1 is 1.03 bits per heavy atom. The van der Waals surface area contributed by atoms with E-state index in [1.165, 1.54) is 16.8 Å². The number of carbonyl (C=O) groups is 2. The van der Waals surface area contributed by atoms with Crippen LogP contribution >= 0.6 is 0 Å². The van der Waals surface area contributed by atoms with E-state index in [1.807, 2.05) is 31.2 Å². The summed E-state index contributed by atoms with van der Waals surface area (Å²) >= 11 is 0. The van der Waals surface area contributed by atoms with Gasteiger partial charge in [-0.25, -0.2) is 4.68 Å². The molecule has 0 aliphatic rings. The Balaban J connectivity index is 1.85. The molecule has 0 bridgehead atoms. The van der Waals surface area contributed by atoms with Gasteiger partial charge in [-0.05, 0) is 50.1 Å². The first kappa shape index (κ1) is 21.3. The molecular weight excluding hydrogens is 395 g/mol. The number of carbonyl (C=O) groups excluding carboxylic acids is 2. The van der Waals surface area contributed by atoms with E-state index in [-0.39, 0.29) is 23.5 Å². The number of nitrogens with one attached hydrogen (secondary N) is 1. The highest BCUT2D eigenvalue weighted by Crippen LogP contribution is 2.31. The maximum absolute atomic E-state index is 13.0. The van der Waals surface area contributed by atoms with Gasteiger partial charge >= 0.3 is 6.18 Å². The van der Waals surface area contributed by atoms with Crippen LogP contribution in [0.2, 0.25) is 0 Å². The molecule has 156 valence electrons. The molecule has 0 saturated heterocycles. The number of benzene rings is 2. The molecule has 0 fully saturated rings. The molecule has 1 aromatic heterocycles. The Morgan fingerprint density at radius 2 is 1.73 bits per heavy atom. The second kappa shape index (κ2) is 8.14. The van der Waals surface area contributed by atoms with Crippen LogP contribution in [0, 0.1) is 20.8 Å². The molecule has 0 atom stereocenters. The van der Waals surface area contributed by atoms with Crippen LogP contribution in [0.3, 0.4) is 0 Å². The molecule has 0 aliphatic carbocycles. The first-order valence-corrected chi connectivity index (χ1v) is 9.20. The number of nitrogens with zero attached hydrogens (tertiary/aromatic N) is 2. The summed E-state index contributed by atoms with van der Waals surface area (Å²) in [5.41, 5.74) is 1.83. The van der Waals surface area contributed by atoms with Crippen LogP contribution < -0.4 is 5.32 Å². The van der Waals surface area contributed by atoms with Gasteiger partial charge in [0.05, 0.1) is 28.2 Å². The lowest BCUT2D eigenvalue weighted by Gasteiger charge is -2.10. The van der Waals surface area contributed by atoms with Crippen molar-refractivity contribution in [2.24, 2.45) is 0 Å². The van der Waals surface area contributed by atoms with Crippen molar-refractivity contribution < 1.29 is 22.8 Å². The molecule has 0 aliphatic heterocycles. The Labute approximate surface area is 171 Å². The highest BCUT2D eigenvalue weighted by molar-refractivity contribution is 6.43. The van der Waals surface area contributed by atoms with Gasteiger partial charge in [0.15, 0.2) is 0 Å². The molecular formula is C22H20F3N3O2. The van der Waals surface area contributed by atoms with Gasteiger partial charge in [0.2, 0.25) is 0 Å². The number of aromatic nitrogens is 2. The Kier molecular flexibility index (Phi) is 5.78. The average molecular weight is 415 g/mol. The summed E-state index contributed by atoms with van der Waals surface area (Å²) in [6.45, 7) is 5.18. The van der Waals surface area contributed by atoms with E-state index in [1.54, 1.807) is 13.8 Å². The van der Waals surface area contributed by atoms with Gasteiger partial charge in [-0.3, -0.25) is 9.59 Å². The number of alkyl halides is 3. The number of amides is 1. The fourth-order valence-corrected chi connectivity index (χ4v) is 3.21. The summed E-state index contributed by atoms with van der Waals surface area (Å²) in [5, 5.41) is 6.78. The van der Waals surface area contributed by atoms with Gasteiger partial charge in [0.1, 0.15) is 0 Å². The number of Topliss-reactive ketones (excluding diaryl/α,β-unsaturated/α-hetero) is 1. The molecule has 1 amide bonds. The highest BCUT2D eigenvalue weighted by Gasteiger charge is 2.31. The number of rotatable bonds is 5. The van der Waals surface area contributed by atoms with Gasteiger partial charge in [-0.15, -0.1) is 0 Å². The van der Waals surface area contributed by atoms with Crippen molar-refractivity contribution >= 4 is 11.7 Å². The molecule has 3 aromatic rings. The SMILES string of the molecule is Cc1ccccc1CNC(=O)C(=O)c1c(C)nn(-c2cccc(C(F)(F)F)c2)c1C. The lowest BCUT2D eigenvalue weighted by Crippen LogP contribution is -2.31. The Hall–Kier alpha value is -3.42. The van der Waals surface area contributed by atoms with Gasteiger partial charge in [-0.1, -0.05) is 30.3 Å². The Morgan fingerprint density at radius 3 is 2.40 bits per heavy atom.